The van der Waals surface area contributed by atoms with Gasteiger partial charge in [0.2, 0.25) is 15.9 Å². The van der Waals surface area contributed by atoms with Gasteiger partial charge < -0.3 is 15.2 Å². The number of sulfonamides is 1. The molecule has 3 heterocycles. The molecule has 2 aromatic heterocycles. The van der Waals surface area contributed by atoms with Crippen LogP contribution in [0.5, 0.6) is 0 Å². The molecule has 200 valence electrons. The number of carbonyl (C=O) groups is 1. The summed E-state index contributed by atoms with van der Waals surface area (Å²) in [6, 6.07) is 10.2. The molecule has 1 fully saturated rings. The van der Waals surface area contributed by atoms with E-state index in [4.69, 9.17) is 0 Å². The van der Waals surface area contributed by atoms with Crippen LogP contribution in [0.2, 0.25) is 0 Å². The number of pyridine rings is 1. The Bertz CT molecular complexity index is 1530. The van der Waals surface area contributed by atoms with Crippen molar-refractivity contribution in [2.45, 2.75) is 19.9 Å². The number of nitrogens with one attached hydrogen (secondary N) is 3. The number of anilines is 2. The van der Waals surface area contributed by atoms with Crippen molar-refractivity contribution in [1.82, 2.24) is 19.4 Å². The number of fused-ring (bicyclic) bond motifs is 1. The molecule has 1 aliphatic heterocycles. The summed E-state index contributed by atoms with van der Waals surface area (Å²) in [4.78, 5) is 22.5. The number of rotatable bonds is 8. The number of amides is 1. The SMILES string of the molecule is CC(C)Nc1cccnc1[N+]1(CS(=O)(=O)O)CCN(C(=O)c2cc3cc(NS(C)(=O)=O)ccc3[nH]2)CC1. The van der Waals surface area contributed by atoms with Crippen molar-refractivity contribution in [2.75, 3.05) is 48.4 Å². The monoisotopic (exact) mass is 551 g/mol. The molecule has 1 aliphatic rings. The number of hydrogen-bond acceptors (Lipinski definition) is 7. The molecule has 0 aliphatic carbocycles. The number of aromatic amines is 1. The molecule has 1 amide bonds. The molecule has 1 aromatic carbocycles. The summed E-state index contributed by atoms with van der Waals surface area (Å²) in [7, 11) is -7.79. The zero-order valence-corrected chi connectivity index (χ0v) is 22.4. The van der Waals surface area contributed by atoms with Gasteiger partial charge in [0, 0.05) is 28.8 Å². The Balaban J connectivity index is 1.58. The smallest absolute Gasteiger partial charge is 0.316 e. The number of benzene rings is 1. The summed E-state index contributed by atoms with van der Waals surface area (Å²) < 4.78 is 59.2. The fraction of sp³-hybridized carbons (Fsp3) is 0.391. The Hall–Kier alpha value is -3.20. The Labute approximate surface area is 216 Å². The molecule has 1 saturated heterocycles. The molecule has 3 aromatic rings. The fourth-order valence-electron chi connectivity index (χ4n) is 4.66. The lowest BCUT2D eigenvalue weighted by atomic mass is 10.2. The first-order chi connectivity index (χ1) is 17.2. The molecule has 37 heavy (non-hydrogen) atoms. The van der Waals surface area contributed by atoms with E-state index < -0.39 is 26.0 Å². The van der Waals surface area contributed by atoms with Gasteiger partial charge in [-0.1, -0.05) is 0 Å². The second-order valence-corrected chi connectivity index (χ2v) is 12.8. The minimum Gasteiger partial charge on any atom is -0.377 e. The van der Waals surface area contributed by atoms with Crippen LogP contribution in [0.15, 0.2) is 42.6 Å². The van der Waals surface area contributed by atoms with Crippen LogP contribution in [-0.2, 0) is 20.1 Å². The van der Waals surface area contributed by atoms with E-state index in [9.17, 15) is 26.2 Å². The van der Waals surface area contributed by atoms with Crippen LogP contribution in [0.25, 0.3) is 10.9 Å². The van der Waals surface area contributed by atoms with E-state index in [1.807, 2.05) is 19.9 Å². The van der Waals surface area contributed by atoms with Gasteiger partial charge in [-0.3, -0.25) is 18.6 Å². The van der Waals surface area contributed by atoms with Gasteiger partial charge in [-0.25, -0.2) is 13.4 Å². The third-order valence-electron chi connectivity index (χ3n) is 6.13. The molecular formula is C23H31N6O6S2+. The number of aromatic nitrogens is 2. The van der Waals surface area contributed by atoms with Gasteiger partial charge in [0.25, 0.3) is 11.7 Å². The Kier molecular flexibility index (Phi) is 7.21. The van der Waals surface area contributed by atoms with E-state index in [1.165, 1.54) is 0 Å². The minimum absolute atomic E-state index is 0.0757. The Morgan fingerprint density at radius 2 is 1.86 bits per heavy atom. The van der Waals surface area contributed by atoms with Crippen molar-refractivity contribution in [3.8, 4) is 0 Å². The number of hydrogen-bond donors (Lipinski definition) is 4. The summed E-state index contributed by atoms with van der Waals surface area (Å²) >= 11 is 0. The topological polar surface area (TPSA) is 162 Å². The van der Waals surface area contributed by atoms with Crippen LogP contribution >= 0.6 is 0 Å². The van der Waals surface area contributed by atoms with Gasteiger partial charge in [0.1, 0.15) is 24.5 Å². The lowest BCUT2D eigenvalue weighted by Crippen LogP contribution is -2.63. The molecule has 0 spiro atoms. The maximum Gasteiger partial charge on any atom is 0.316 e. The predicted octanol–water partition coefficient (Wildman–Crippen LogP) is 2.06. The van der Waals surface area contributed by atoms with E-state index >= 15 is 0 Å². The van der Waals surface area contributed by atoms with E-state index in [0.717, 1.165) is 6.26 Å². The summed E-state index contributed by atoms with van der Waals surface area (Å²) in [6.45, 7) is 4.86. The molecule has 4 N–H and O–H groups in total. The summed E-state index contributed by atoms with van der Waals surface area (Å²) in [6.07, 6.45) is 2.65. The second kappa shape index (κ2) is 9.93. The summed E-state index contributed by atoms with van der Waals surface area (Å²) in [5.74, 6) is -0.320. The fourth-order valence-corrected chi connectivity index (χ4v) is 6.22. The highest BCUT2D eigenvalue weighted by Crippen LogP contribution is 2.32. The highest BCUT2D eigenvalue weighted by molar-refractivity contribution is 7.92. The highest BCUT2D eigenvalue weighted by atomic mass is 32.2. The largest absolute Gasteiger partial charge is 0.377 e. The van der Waals surface area contributed by atoms with E-state index in [1.54, 1.807) is 41.4 Å². The van der Waals surface area contributed by atoms with Crippen molar-refractivity contribution >= 4 is 54.1 Å². The minimum atomic E-state index is -4.35. The third-order valence-corrected chi connectivity index (χ3v) is 7.55. The molecule has 14 heteroatoms. The molecule has 0 saturated carbocycles. The quantitative estimate of drug-likeness (QED) is 0.244. The average molecular weight is 552 g/mol. The van der Waals surface area contributed by atoms with E-state index in [-0.39, 0.29) is 42.6 Å². The van der Waals surface area contributed by atoms with Crippen LogP contribution in [0.3, 0.4) is 0 Å². The van der Waals surface area contributed by atoms with Gasteiger partial charge in [-0.15, -0.1) is 0 Å². The maximum atomic E-state index is 13.3. The first-order valence-electron chi connectivity index (χ1n) is 11.7. The van der Waals surface area contributed by atoms with Crippen molar-refractivity contribution in [1.29, 1.82) is 0 Å². The number of nitrogens with zero attached hydrogens (tertiary/aromatic N) is 3. The predicted molar refractivity (Wildman–Crippen MR) is 144 cm³/mol. The first kappa shape index (κ1) is 26.9. The number of piperazine rings is 1. The van der Waals surface area contributed by atoms with Crippen molar-refractivity contribution < 1.29 is 26.2 Å². The standard InChI is InChI=1S/C23H30N6O6S2/c1-16(2)25-20-5-4-8-24-22(20)29(15-37(33,34)35)11-9-28(10-12-29)23(30)21-14-17-13-18(27-36(3,31)32)6-7-19(17)26-21/h4-8,13-14,16,25,27H,9-12,15H2,1-3H3,(H-,26,30,33,34,35)/p+1. The Morgan fingerprint density at radius 3 is 2.49 bits per heavy atom. The average Bonchev–Trinajstić information content (AvgIpc) is 3.20. The van der Waals surface area contributed by atoms with Gasteiger partial charge in [0.05, 0.1) is 19.3 Å². The van der Waals surface area contributed by atoms with Gasteiger partial charge in [0.15, 0.2) is 0 Å². The van der Waals surface area contributed by atoms with Crippen LogP contribution in [0.1, 0.15) is 24.3 Å². The van der Waals surface area contributed by atoms with Gasteiger partial charge in [-0.05, 0) is 50.2 Å². The molecule has 4 rings (SSSR count). The molecule has 12 nitrogen and oxygen atoms in total. The van der Waals surface area contributed by atoms with Gasteiger partial charge >= 0.3 is 10.1 Å². The lowest BCUT2D eigenvalue weighted by Gasteiger charge is -2.43. The molecule has 0 unspecified atom stereocenters. The van der Waals surface area contributed by atoms with Crippen molar-refractivity contribution in [3.63, 3.8) is 0 Å². The second-order valence-electron chi connectivity index (χ2n) is 9.63. The van der Waals surface area contributed by atoms with E-state index in [2.05, 4.69) is 20.0 Å². The normalized spacial score (nSPS) is 16.2. The lowest BCUT2D eigenvalue weighted by molar-refractivity contribution is 0.0653. The van der Waals surface area contributed by atoms with Gasteiger partial charge in [-0.2, -0.15) is 8.42 Å². The van der Waals surface area contributed by atoms with Crippen molar-refractivity contribution in [2.24, 2.45) is 0 Å². The van der Waals surface area contributed by atoms with Crippen LogP contribution in [0.4, 0.5) is 17.2 Å². The Morgan fingerprint density at radius 1 is 1.16 bits per heavy atom. The maximum absolute atomic E-state index is 13.3. The molecule has 0 radical (unpaired) electrons. The molecule has 0 bridgehead atoms. The zero-order chi connectivity index (χ0) is 27.0. The third kappa shape index (κ3) is 6.39. The number of carbonyl (C=O) groups excluding carboxylic acids is 1. The van der Waals surface area contributed by atoms with Crippen LogP contribution < -0.4 is 14.5 Å². The van der Waals surface area contributed by atoms with Crippen molar-refractivity contribution in [3.05, 3.63) is 48.3 Å². The number of H-pyrrole nitrogens is 1. The first-order valence-corrected chi connectivity index (χ1v) is 15.2. The summed E-state index contributed by atoms with van der Waals surface area (Å²) in [5.41, 5.74) is 2.07. The van der Waals surface area contributed by atoms with Crippen LogP contribution in [0, 0.1) is 0 Å². The number of quaternary nitrogens is 1. The van der Waals surface area contributed by atoms with E-state index in [0.29, 0.717) is 33.8 Å². The molecule has 0 atom stereocenters. The molecular weight excluding hydrogens is 520 g/mol. The highest BCUT2D eigenvalue weighted by Gasteiger charge is 2.43. The zero-order valence-electron chi connectivity index (χ0n) is 20.8. The van der Waals surface area contributed by atoms with Crippen LogP contribution in [-0.4, -0.2) is 86.5 Å². The summed E-state index contributed by atoms with van der Waals surface area (Å²) in [5, 5.41) is 3.96.